The molecule has 2 aromatic carbocycles. The summed E-state index contributed by atoms with van der Waals surface area (Å²) in [4.78, 5) is 17.7. The van der Waals surface area contributed by atoms with Gasteiger partial charge in [-0.05, 0) is 49.3 Å². The number of benzene rings is 2. The molecule has 0 bridgehead atoms. The maximum atomic E-state index is 13.1. The Kier molecular flexibility index (Phi) is 7.57. The van der Waals surface area contributed by atoms with Crippen LogP contribution in [-0.2, 0) is 16.1 Å². The van der Waals surface area contributed by atoms with Gasteiger partial charge in [-0.2, -0.15) is 4.98 Å². The molecule has 2 heterocycles. The SMILES string of the molecule is CCCOC(=O)C1=C(C)Nc2nc(SCC)nn2C1c1cccc(OCc2ccc(C)cc2)c1. The summed E-state index contributed by atoms with van der Waals surface area (Å²) < 4.78 is 13.4. The summed E-state index contributed by atoms with van der Waals surface area (Å²) in [6.07, 6.45) is 0.754. The molecule has 7 nitrogen and oxygen atoms in total. The van der Waals surface area contributed by atoms with E-state index in [2.05, 4.69) is 48.4 Å². The van der Waals surface area contributed by atoms with Gasteiger partial charge in [0.05, 0.1) is 12.2 Å². The first-order valence-corrected chi connectivity index (χ1v) is 12.5. The standard InChI is InChI=1S/C26H30N4O3S/c1-5-14-32-24(31)22-18(4)27-25-28-26(34-6-2)29-30(25)23(22)20-8-7-9-21(15-20)33-16-19-12-10-17(3)11-13-19/h7-13,15,23H,5-6,14,16H2,1-4H3,(H,27,28,29). The Morgan fingerprint density at radius 3 is 2.68 bits per heavy atom. The molecule has 1 N–H and O–H groups in total. The molecule has 178 valence electrons. The second-order valence-electron chi connectivity index (χ2n) is 8.14. The van der Waals surface area contributed by atoms with Crippen LogP contribution in [0.15, 0.2) is 65.0 Å². The van der Waals surface area contributed by atoms with E-state index in [1.165, 1.54) is 5.56 Å². The number of nitrogens with one attached hydrogen (secondary N) is 1. The Hall–Kier alpha value is -3.26. The molecule has 1 aliphatic rings. The van der Waals surface area contributed by atoms with Crippen LogP contribution in [0.4, 0.5) is 5.95 Å². The topological polar surface area (TPSA) is 78.3 Å². The van der Waals surface area contributed by atoms with Gasteiger partial charge in [-0.25, -0.2) is 9.48 Å². The number of rotatable bonds is 9. The average molecular weight is 479 g/mol. The summed E-state index contributed by atoms with van der Waals surface area (Å²) in [5.41, 5.74) is 4.42. The molecule has 0 saturated carbocycles. The fraction of sp³-hybridized carbons (Fsp3) is 0.346. The van der Waals surface area contributed by atoms with Crippen molar-refractivity contribution in [2.45, 2.75) is 51.9 Å². The maximum absolute atomic E-state index is 13.1. The van der Waals surface area contributed by atoms with E-state index in [9.17, 15) is 4.79 Å². The van der Waals surface area contributed by atoms with Crippen molar-refractivity contribution in [3.63, 3.8) is 0 Å². The molecule has 8 heteroatoms. The molecule has 1 atom stereocenters. The Balaban J connectivity index is 1.68. The fourth-order valence-corrected chi connectivity index (χ4v) is 4.35. The number of ether oxygens (including phenoxy) is 2. The van der Waals surface area contributed by atoms with Crippen molar-refractivity contribution in [1.29, 1.82) is 0 Å². The van der Waals surface area contributed by atoms with Gasteiger partial charge < -0.3 is 14.8 Å². The highest BCUT2D eigenvalue weighted by molar-refractivity contribution is 7.99. The largest absolute Gasteiger partial charge is 0.489 e. The molecule has 1 aliphatic heterocycles. The fourth-order valence-electron chi connectivity index (χ4n) is 3.79. The minimum atomic E-state index is -0.470. The van der Waals surface area contributed by atoms with Crippen LogP contribution in [0.5, 0.6) is 5.75 Å². The quantitative estimate of drug-likeness (QED) is 0.320. The molecule has 0 aliphatic carbocycles. The number of hydrogen-bond donors (Lipinski definition) is 1. The van der Waals surface area contributed by atoms with Crippen molar-refractivity contribution in [2.24, 2.45) is 0 Å². The van der Waals surface area contributed by atoms with Gasteiger partial charge in [-0.15, -0.1) is 5.10 Å². The summed E-state index contributed by atoms with van der Waals surface area (Å²) in [5.74, 6) is 1.83. The molecule has 0 spiro atoms. The smallest absolute Gasteiger partial charge is 0.338 e. The monoisotopic (exact) mass is 478 g/mol. The van der Waals surface area contributed by atoms with Gasteiger partial charge in [0.1, 0.15) is 18.4 Å². The predicted octanol–water partition coefficient (Wildman–Crippen LogP) is 5.52. The van der Waals surface area contributed by atoms with Crippen molar-refractivity contribution in [1.82, 2.24) is 14.8 Å². The first-order valence-electron chi connectivity index (χ1n) is 11.5. The van der Waals surface area contributed by atoms with Crippen LogP contribution in [0.25, 0.3) is 0 Å². The summed E-state index contributed by atoms with van der Waals surface area (Å²) in [7, 11) is 0. The van der Waals surface area contributed by atoms with Gasteiger partial charge in [-0.1, -0.05) is 67.6 Å². The molecule has 3 aromatic rings. The Morgan fingerprint density at radius 1 is 1.15 bits per heavy atom. The van der Waals surface area contributed by atoms with Gasteiger partial charge in [0.25, 0.3) is 0 Å². The van der Waals surface area contributed by atoms with Gasteiger partial charge in [0.15, 0.2) is 0 Å². The van der Waals surface area contributed by atoms with Gasteiger partial charge in [0.2, 0.25) is 11.1 Å². The zero-order valence-electron chi connectivity index (χ0n) is 20.0. The first-order chi connectivity index (χ1) is 16.5. The zero-order chi connectivity index (χ0) is 24.1. The number of esters is 1. The van der Waals surface area contributed by atoms with Crippen LogP contribution < -0.4 is 10.1 Å². The van der Waals surface area contributed by atoms with Crippen LogP contribution in [0.1, 0.15) is 49.9 Å². The number of anilines is 1. The number of allylic oxidation sites excluding steroid dienone is 1. The minimum Gasteiger partial charge on any atom is -0.489 e. The lowest BCUT2D eigenvalue weighted by Crippen LogP contribution is -2.29. The van der Waals surface area contributed by atoms with E-state index in [-0.39, 0.29) is 5.97 Å². The van der Waals surface area contributed by atoms with Crippen LogP contribution in [0, 0.1) is 6.92 Å². The van der Waals surface area contributed by atoms with E-state index in [1.807, 2.05) is 38.1 Å². The Morgan fingerprint density at radius 2 is 1.94 bits per heavy atom. The highest BCUT2D eigenvalue weighted by Crippen LogP contribution is 2.37. The number of aromatic nitrogens is 3. The number of hydrogen-bond acceptors (Lipinski definition) is 7. The van der Waals surface area contributed by atoms with E-state index in [0.29, 0.717) is 35.6 Å². The van der Waals surface area contributed by atoms with E-state index < -0.39 is 6.04 Å². The molecule has 0 radical (unpaired) electrons. The van der Waals surface area contributed by atoms with Crippen LogP contribution in [0.2, 0.25) is 0 Å². The van der Waals surface area contributed by atoms with Crippen molar-refractivity contribution < 1.29 is 14.3 Å². The number of carbonyl (C=O) groups excluding carboxylic acids is 1. The first kappa shape index (κ1) is 23.9. The highest BCUT2D eigenvalue weighted by atomic mass is 32.2. The van der Waals surface area contributed by atoms with E-state index >= 15 is 0 Å². The number of thioether (sulfide) groups is 1. The van der Waals surface area contributed by atoms with Crippen molar-refractivity contribution >= 4 is 23.7 Å². The number of fused-ring (bicyclic) bond motifs is 1. The number of nitrogens with zero attached hydrogens (tertiary/aromatic N) is 3. The molecular formula is C26H30N4O3S. The van der Waals surface area contributed by atoms with Crippen molar-refractivity contribution in [3.05, 3.63) is 76.5 Å². The number of aryl methyl sites for hydroxylation is 1. The maximum Gasteiger partial charge on any atom is 0.338 e. The lowest BCUT2D eigenvalue weighted by Gasteiger charge is -2.28. The molecular weight excluding hydrogens is 448 g/mol. The lowest BCUT2D eigenvalue weighted by molar-refractivity contribution is -0.139. The van der Waals surface area contributed by atoms with Crippen molar-refractivity contribution in [2.75, 3.05) is 17.7 Å². The molecule has 34 heavy (non-hydrogen) atoms. The van der Waals surface area contributed by atoms with Crippen LogP contribution in [0.3, 0.4) is 0 Å². The van der Waals surface area contributed by atoms with Gasteiger partial charge in [0, 0.05) is 5.70 Å². The molecule has 1 unspecified atom stereocenters. The van der Waals surface area contributed by atoms with E-state index in [1.54, 1.807) is 16.4 Å². The predicted molar refractivity (Wildman–Crippen MR) is 134 cm³/mol. The molecule has 0 amide bonds. The summed E-state index contributed by atoms with van der Waals surface area (Å²) in [5, 5.41) is 8.60. The third-order valence-corrected chi connectivity index (χ3v) is 6.18. The second-order valence-corrected chi connectivity index (χ2v) is 9.38. The third kappa shape index (κ3) is 5.28. The molecule has 0 fully saturated rings. The summed E-state index contributed by atoms with van der Waals surface area (Å²) in [6, 6.07) is 15.6. The second kappa shape index (κ2) is 10.8. The molecule has 4 rings (SSSR count). The Bertz CT molecular complexity index is 1190. The average Bonchev–Trinajstić information content (AvgIpc) is 3.23. The summed E-state index contributed by atoms with van der Waals surface area (Å²) in [6.45, 7) is 8.79. The van der Waals surface area contributed by atoms with Crippen LogP contribution in [-0.4, -0.2) is 33.1 Å². The summed E-state index contributed by atoms with van der Waals surface area (Å²) >= 11 is 1.56. The van der Waals surface area contributed by atoms with E-state index in [4.69, 9.17) is 14.6 Å². The minimum absolute atomic E-state index is 0.353. The number of carbonyl (C=O) groups is 1. The van der Waals surface area contributed by atoms with Gasteiger partial charge >= 0.3 is 5.97 Å². The van der Waals surface area contributed by atoms with E-state index in [0.717, 1.165) is 29.1 Å². The molecule has 0 saturated heterocycles. The lowest BCUT2D eigenvalue weighted by atomic mass is 9.95. The normalized spacial score (nSPS) is 15.0. The van der Waals surface area contributed by atoms with Gasteiger partial charge in [-0.3, -0.25) is 0 Å². The molecule has 1 aromatic heterocycles. The van der Waals surface area contributed by atoms with Crippen LogP contribution >= 0.6 is 11.8 Å². The Labute approximate surface area is 204 Å². The zero-order valence-corrected chi connectivity index (χ0v) is 20.8. The van der Waals surface area contributed by atoms with Crippen molar-refractivity contribution in [3.8, 4) is 5.75 Å². The third-order valence-electron chi connectivity index (χ3n) is 5.46. The highest BCUT2D eigenvalue weighted by Gasteiger charge is 2.35.